The molecule has 3 rings (SSSR count). The van der Waals surface area contributed by atoms with Crippen LogP contribution in [-0.2, 0) is 0 Å². The molecule has 122 valence electrons. The largest absolute Gasteiger partial charge is 0.286 e. The van der Waals surface area contributed by atoms with Crippen LogP contribution in [-0.4, -0.2) is 25.1 Å². The van der Waals surface area contributed by atoms with Crippen LogP contribution >= 0.6 is 11.8 Å². The number of halogens is 1. The Hall–Kier alpha value is -2.81. The second-order valence-electron chi connectivity index (χ2n) is 5.08. The van der Waals surface area contributed by atoms with E-state index in [0.717, 1.165) is 34.6 Å². The maximum Gasteiger partial charge on any atom is 0.286 e. The molecule has 1 aromatic heterocycles. The summed E-state index contributed by atoms with van der Waals surface area (Å²) in [6.07, 6.45) is 0. The molecule has 1 heterocycles. The summed E-state index contributed by atoms with van der Waals surface area (Å²) in [6, 6.07) is 9.19. The van der Waals surface area contributed by atoms with Crippen LogP contribution in [0.15, 0.2) is 46.5 Å². The zero-order chi connectivity index (χ0) is 17.3. The first-order chi connectivity index (χ1) is 11.5. The Morgan fingerprint density at radius 3 is 2.58 bits per heavy atom. The molecule has 2 aromatic carbocycles. The first-order valence-corrected chi connectivity index (χ1v) is 7.76. The minimum Gasteiger partial charge on any atom is -0.258 e. The lowest BCUT2D eigenvalue weighted by Gasteiger charge is -2.10. The summed E-state index contributed by atoms with van der Waals surface area (Å²) >= 11 is 1.02. The molecule has 0 saturated carbocycles. The zero-order valence-electron chi connectivity index (χ0n) is 12.8. The molecule has 0 bridgehead atoms. The van der Waals surface area contributed by atoms with E-state index >= 15 is 0 Å². The fourth-order valence-corrected chi connectivity index (χ4v) is 3.20. The van der Waals surface area contributed by atoms with Crippen molar-refractivity contribution in [2.24, 2.45) is 0 Å². The smallest absolute Gasteiger partial charge is 0.258 e. The molecule has 24 heavy (non-hydrogen) atoms. The molecule has 0 aliphatic carbocycles. The molecule has 0 fully saturated rings. The first-order valence-electron chi connectivity index (χ1n) is 6.94. The van der Waals surface area contributed by atoms with Crippen LogP contribution in [0.5, 0.6) is 0 Å². The third-order valence-corrected chi connectivity index (χ3v) is 4.41. The number of aromatic nitrogens is 4. The van der Waals surface area contributed by atoms with Crippen LogP contribution in [0.2, 0.25) is 0 Å². The summed E-state index contributed by atoms with van der Waals surface area (Å²) in [7, 11) is 0. The van der Waals surface area contributed by atoms with Crippen LogP contribution < -0.4 is 0 Å². The Morgan fingerprint density at radius 1 is 1.21 bits per heavy atom. The average molecular weight is 345 g/mol. The summed E-state index contributed by atoms with van der Waals surface area (Å²) < 4.78 is 14.8. The second-order valence-corrected chi connectivity index (χ2v) is 6.09. The Balaban J connectivity index is 2.06. The summed E-state index contributed by atoms with van der Waals surface area (Å²) in [5, 5.41) is 23.1. The fourth-order valence-electron chi connectivity index (χ4n) is 2.34. The van der Waals surface area contributed by atoms with E-state index in [-0.39, 0.29) is 10.6 Å². The number of hydrogen-bond acceptors (Lipinski definition) is 6. The van der Waals surface area contributed by atoms with Gasteiger partial charge in [0.2, 0.25) is 5.16 Å². The van der Waals surface area contributed by atoms with Gasteiger partial charge in [0.1, 0.15) is 5.82 Å². The lowest BCUT2D eigenvalue weighted by atomic mass is 10.1. The number of nitro benzene ring substituents is 1. The summed E-state index contributed by atoms with van der Waals surface area (Å²) in [5.74, 6) is -0.666. The maximum absolute atomic E-state index is 13.3. The van der Waals surface area contributed by atoms with Crippen molar-refractivity contribution in [1.82, 2.24) is 20.2 Å². The van der Waals surface area contributed by atoms with Crippen LogP contribution in [0.3, 0.4) is 0 Å². The number of benzene rings is 2. The van der Waals surface area contributed by atoms with Crippen LogP contribution in [0, 0.1) is 29.8 Å². The molecule has 0 N–H and O–H groups in total. The number of tetrazole rings is 1. The van der Waals surface area contributed by atoms with Gasteiger partial charge in [-0.05, 0) is 59.3 Å². The molecule has 0 aliphatic rings. The van der Waals surface area contributed by atoms with E-state index < -0.39 is 10.7 Å². The highest BCUT2D eigenvalue weighted by Gasteiger charge is 2.20. The van der Waals surface area contributed by atoms with Gasteiger partial charge in [-0.1, -0.05) is 18.2 Å². The minimum atomic E-state index is -0.666. The van der Waals surface area contributed by atoms with E-state index in [1.807, 2.05) is 32.0 Å². The lowest BCUT2D eigenvalue weighted by Crippen LogP contribution is -2.04. The standard InChI is InChI=1S/C15H12FN5O2S/c1-9-4-3-5-10(2)14(9)20-15(17-18-19-20)24-13-7-6-11(16)8-12(13)21(22)23/h3-8H,1-2H3. The Bertz CT molecular complexity index is 908. The molecule has 3 aromatic rings. The van der Waals surface area contributed by atoms with Gasteiger partial charge in [-0.3, -0.25) is 10.1 Å². The van der Waals surface area contributed by atoms with Crippen molar-refractivity contribution >= 4 is 17.4 Å². The average Bonchev–Trinajstić information content (AvgIpc) is 2.97. The molecule has 0 amide bonds. The van der Waals surface area contributed by atoms with Gasteiger partial charge in [0.25, 0.3) is 5.69 Å². The van der Waals surface area contributed by atoms with Crippen LogP contribution in [0.25, 0.3) is 5.69 Å². The third-order valence-electron chi connectivity index (χ3n) is 3.41. The number of para-hydroxylation sites is 1. The van der Waals surface area contributed by atoms with Crippen molar-refractivity contribution in [3.8, 4) is 5.69 Å². The number of nitrogens with zero attached hydrogens (tertiary/aromatic N) is 5. The van der Waals surface area contributed by atoms with Crippen LogP contribution in [0.1, 0.15) is 11.1 Å². The third kappa shape index (κ3) is 2.98. The van der Waals surface area contributed by atoms with Gasteiger partial charge in [0, 0.05) is 0 Å². The normalized spacial score (nSPS) is 10.8. The molecule has 0 unspecified atom stereocenters. The molecule has 0 radical (unpaired) electrons. The number of rotatable bonds is 4. The van der Waals surface area contributed by atoms with Gasteiger partial charge in [-0.25, -0.2) is 4.39 Å². The summed E-state index contributed by atoms with van der Waals surface area (Å²) in [5.41, 5.74) is 2.43. The van der Waals surface area contributed by atoms with Crippen molar-refractivity contribution in [3.63, 3.8) is 0 Å². The quantitative estimate of drug-likeness (QED) is 0.531. The van der Waals surface area contributed by atoms with Gasteiger partial charge in [-0.15, -0.1) is 5.10 Å². The molecular weight excluding hydrogens is 333 g/mol. The van der Waals surface area contributed by atoms with E-state index in [0.29, 0.717) is 5.16 Å². The Labute approximate surface area is 140 Å². The Morgan fingerprint density at radius 2 is 1.92 bits per heavy atom. The highest BCUT2D eigenvalue weighted by Crippen LogP contribution is 2.35. The first kappa shape index (κ1) is 16.1. The van der Waals surface area contributed by atoms with Gasteiger partial charge in [0.05, 0.1) is 21.6 Å². The number of hydrogen-bond donors (Lipinski definition) is 0. The molecule has 0 saturated heterocycles. The van der Waals surface area contributed by atoms with Crippen molar-refractivity contribution in [1.29, 1.82) is 0 Å². The molecule has 0 aliphatic heterocycles. The predicted octanol–water partition coefficient (Wildman–Crippen LogP) is 3.48. The fraction of sp³-hybridized carbons (Fsp3) is 0.133. The topological polar surface area (TPSA) is 86.7 Å². The van der Waals surface area contributed by atoms with E-state index in [2.05, 4.69) is 15.5 Å². The van der Waals surface area contributed by atoms with Gasteiger partial charge < -0.3 is 0 Å². The monoisotopic (exact) mass is 345 g/mol. The van der Waals surface area contributed by atoms with E-state index in [1.54, 1.807) is 0 Å². The van der Waals surface area contributed by atoms with Crippen molar-refractivity contribution in [3.05, 3.63) is 63.5 Å². The van der Waals surface area contributed by atoms with E-state index in [1.165, 1.54) is 16.8 Å². The van der Waals surface area contributed by atoms with Crippen molar-refractivity contribution in [2.45, 2.75) is 23.9 Å². The highest BCUT2D eigenvalue weighted by atomic mass is 32.2. The van der Waals surface area contributed by atoms with Gasteiger partial charge in [-0.2, -0.15) is 4.68 Å². The predicted molar refractivity (Wildman–Crippen MR) is 85.8 cm³/mol. The summed E-state index contributed by atoms with van der Waals surface area (Å²) in [4.78, 5) is 10.8. The lowest BCUT2D eigenvalue weighted by molar-refractivity contribution is -0.387. The second kappa shape index (κ2) is 6.36. The summed E-state index contributed by atoms with van der Waals surface area (Å²) in [6.45, 7) is 3.86. The SMILES string of the molecule is Cc1cccc(C)c1-n1nnnc1Sc1ccc(F)cc1[N+](=O)[O-]. The number of nitro groups is 1. The molecule has 9 heteroatoms. The molecular formula is C15H12FN5O2S. The van der Waals surface area contributed by atoms with Gasteiger partial charge in [0.15, 0.2) is 0 Å². The highest BCUT2D eigenvalue weighted by molar-refractivity contribution is 7.99. The molecule has 0 atom stereocenters. The van der Waals surface area contributed by atoms with E-state index in [9.17, 15) is 14.5 Å². The molecule has 0 spiro atoms. The van der Waals surface area contributed by atoms with Crippen LogP contribution in [0.4, 0.5) is 10.1 Å². The van der Waals surface area contributed by atoms with Gasteiger partial charge >= 0.3 is 0 Å². The molecule has 7 nitrogen and oxygen atoms in total. The van der Waals surface area contributed by atoms with E-state index in [4.69, 9.17) is 0 Å². The van der Waals surface area contributed by atoms with Crippen molar-refractivity contribution in [2.75, 3.05) is 0 Å². The number of aryl methyl sites for hydroxylation is 2. The Kier molecular flexibility index (Phi) is 4.26. The minimum absolute atomic E-state index is 0.267. The zero-order valence-corrected chi connectivity index (χ0v) is 13.6. The van der Waals surface area contributed by atoms with Crippen molar-refractivity contribution < 1.29 is 9.31 Å². The maximum atomic E-state index is 13.3.